The van der Waals surface area contributed by atoms with Gasteiger partial charge in [-0.15, -0.1) is 0 Å². The molecule has 0 saturated heterocycles. The second-order valence-corrected chi connectivity index (χ2v) is 20.4. The lowest BCUT2D eigenvalue weighted by Gasteiger charge is -2.10. The molecule has 3 rings (SSSR count). The molecule has 66 heavy (non-hydrogen) atoms. The van der Waals surface area contributed by atoms with E-state index in [-0.39, 0.29) is 11.8 Å². The Labute approximate surface area is 407 Å². The Morgan fingerprint density at radius 3 is 0.909 bits per heavy atom. The van der Waals surface area contributed by atoms with Crippen molar-refractivity contribution in [2.24, 2.45) is 0 Å². The number of unbranched alkanes of at least 4 members (excludes halogenated alkanes) is 38. The first kappa shape index (κ1) is 57.2. The zero-order valence-corrected chi connectivity index (χ0v) is 43.3. The maximum atomic E-state index is 13.0. The van der Waals surface area contributed by atoms with Gasteiger partial charge in [0.25, 0.3) is 11.8 Å². The van der Waals surface area contributed by atoms with Crippen molar-refractivity contribution in [3.05, 3.63) is 82.9 Å². The summed E-state index contributed by atoms with van der Waals surface area (Å²) in [5.41, 5.74) is 8.94. The lowest BCUT2D eigenvalue weighted by atomic mass is 10.00. The number of carbonyl (C=O) groups is 2. The van der Waals surface area contributed by atoms with Gasteiger partial charge in [0.05, 0.1) is 0 Å². The fraction of sp³-hybridized carbons (Fsp3) is 0.710. The van der Waals surface area contributed by atoms with E-state index in [9.17, 15) is 9.59 Å². The molecule has 0 spiro atoms. The molecule has 0 radical (unpaired) electrons. The van der Waals surface area contributed by atoms with E-state index in [0.29, 0.717) is 11.1 Å². The molecule has 0 aliphatic rings. The van der Waals surface area contributed by atoms with E-state index in [1.54, 1.807) is 0 Å². The first-order chi connectivity index (χ1) is 32.6. The Hall–Kier alpha value is -3.14. The minimum Gasteiger partial charge on any atom is -0.267 e. The fourth-order valence-corrected chi connectivity index (χ4v) is 9.84. The van der Waals surface area contributed by atoms with Gasteiger partial charge in [0.15, 0.2) is 0 Å². The topological polar surface area (TPSA) is 58.2 Å². The molecule has 0 atom stereocenters. The normalized spacial score (nSPS) is 11.4. The van der Waals surface area contributed by atoms with Gasteiger partial charge in [-0.25, -0.2) is 0 Å². The molecule has 0 aliphatic carbocycles. The number of hydrogen-bond acceptors (Lipinski definition) is 2. The molecule has 372 valence electrons. The number of amides is 2. The molecule has 3 aromatic rings. The number of fused-ring (bicyclic) bond motifs is 1. The zero-order valence-electron chi connectivity index (χ0n) is 43.3. The Balaban J connectivity index is 1.13. The van der Waals surface area contributed by atoms with Gasteiger partial charge in [-0.05, 0) is 71.8 Å². The smallest absolute Gasteiger partial charge is 0.267 e. The van der Waals surface area contributed by atoms with Gasteiger partial charge < -0.3 is 0 Å². The van der Waals surface area contributed by atoms with Crippen molar-refractivity contribution in [3.63, 3.8) is 0 Å². The van der Waals surface area contributed by atoms with Gasteiger partial charge in [0.2, 0.25) is 0 Å². The number of hydrazine groups is 1. The lowest BCUT2D eigenvalue weighted by molar-refractivity contribution is 0.0847. The molecule has 0 aliphatic heterocycles. The van der Waals surface area contributed by atoms with Crippen LogP contribution >= 0.6 is 0 Å². The average molecular weight is 908 g/mol. The van der Waals surface area contributed by atoms with Crippen LogP contribution in [-0.4, -0.2) is 11.8 Å². The molecule has 0 fully saturated rings. The van der Waals surface area contributed by atoms with E-state index in [1.165, 1.54) is 268 Å². The van der Waals surface area contributed by atoms with Crippen molar-refractivity contribution in [1.82, 2.24) is 10.9 Å². The van der Waals surface area contributed by atoms with Gasteiger partial charge in [-0.2, -0.15) is 0 Å². The lowest BCUT2D eigenvalue weighted by Crippen LogP contribution is -2.41. The summed E-state index contributed by atoms with van der Waals surface area (Å²) in [6.07, 6.45) is 58.2. The van der Waals surface area contributed by atoms with E-state index in [2.05, 4.69) is 42.9 Å². The highest BCUT2D eigenvalue weighted by atomic mass is 16.2. The monoisotopic (exact) mass is 907 g/mol. The highest BCUT2D eigenvalue weighted by Gasteiger charge is 2.11. The summed E-state index contributed by atoms with van der Waals surface area (Å²) >= 11 is 0. The van der Waals surface area contributed by atoms with Crippen LogP contribution in [0.25, 0.3) is 10.8 Å². The van der Waals surface area contributed by atoms with Crippen molar-refractivity contribution >= 4 is 22.6 Å². The maximum absolute atomic E-state index is 13.0. The fourth-order valence-electron chi connectivity index (χ4n) is 9.84. The van der Waals surface area contributed by atoms with Gasteiger partial charge in [-0.1, -0.05) is 294 Å². The average Bonchev–Trinajstić information content (AvgIpc) is 3.34. The molecule has 0 saturated carbocycles. The molecule has 4 heteroatoms. The Morgan fingerprint density at radius 1 is 0.288 bits per heavy atom. The molecule has 2 amide bonds. The summed E-state index contributed by atoms with van der Waals surface area (Å²) in [5, 5.41) is 2.19. The second-order valence-electron chi connectivity index (χ2n) is 20.4. The molecule has 0 aromatic heterocycles. The predicted molar refractivity (Wildman–Crippen MR) is 289 cm³/mol. The van der Waals surface area contributed by atoms with E-state index < -0.39 is 0 Å². The number of aryl methyl sites for hydroxylation is 2. The molecule has 0 unspecified atom stereocenters. The number of hydrogen-bond donors (Lipinski definition) is 2. The third-order valence-corrected chi connectivity index (χ3v) is 14.3. The molecule has 2 N–H and O–H groups in total. The van der Waals surface area contributed by atoms with Gasteiger partial charge >= 0.3 is 0 Å². The highest BCUT2D eigenvalue weighted by molar-refractivity contribution is 6.01. The van der Waals surface area contributed by atoms with Crippen LogP contribution in [0.5, 0.6) is 0 Å². The Morgan fingerprint density at radius 2 is 0.545 bits per heavy atom. The third kappa shape index (κ3) is 29.6. The standard InChI is InChI=1S/C62H102N2O2/c1-3-5-7-9-11-13-15-17-19-21-23-25-27-29-31-33-35-37-39-41-43-55-45-48-57(49-46-55)61(65)63-64-62(66)60-52-51-58-53-56(47-50-59(58)54-60)44-42-40-38-36-34-32-30-28-26-24-22-20-18-16-14-12-10-8-6-4-2/h45-54H,3-44H2,1-2H3,(H,63,65)(H,64,66). The van der Waals surface area contributed by atoms with Crippen LogP contribution in [0.15, 0.2) is 60.7 Å². The van der Waals surface area contributed by atoms with E-state index in [0.717, 1.165) is 23.6 Å². The van der Waals surface area contributed by atoms with Crippen molar-refractivity contribution in [3.8, 4) is 0 Å². The van der Waals surface area contributed by atoms with Crippen LogP contribution in [0.3, 0.4) is 0 Å². The summed E-state index contributed by atoms with van der Waals surface area (Å²) in [5.74, 6) is -0.612. The van der Waals surface area contributed by atoms with Crippen LogP contribution in [-0.2, 0) is 12.8 Å². The Bertz CT molecular complexity index is 1600. The predicted octanol–water partition coefficient (Wildman–Crippen LogP) is 19.6. The summed E-state index contributed by atoms with van der Waals surface area (Å²) in [6.45, 7) is 4.59. The van der Waals surface area contributed by atoms with Gasteiger partial charge in [0, 0.05) is 11.1 Å². The van der Waals surface area contributed by atoms with Crippen molar-refractivity contribution < 1.29 is 9.59 Å². The van der Waals surface area contributed by atoms with Crippen molar-refractivity contribution in [2.45, 2.75) is 284 Å². The van der Waals surface area contributed by atoms with Crippen LogP contribution in [0.1, 0.15) is 303 Å². The molecule has 3 aromatic carbocycles. The molecule has 4 nitrogen and oxygen atoms in total. The largest absolute Gasteiger partial charge is 0.269 e. The first-order valence-electron chi connectivity index (χ1n) is 28.8. The first-order valence-corrected chi connectivity index (χ1v) is 28.8. The number of nitrogens with one attached hydrogen (secondary N) is 2. The highest BCUT2D eigenvalue weighted by Crippen LogP contribution is 2.21. The molecular formula is C62H102N2O2. The van der Waals surface area contributed by atoms with E-state index in [1.807, 2.05) is 42.5 Å². The minimum absolute atomic E-state index is 0.302. The summed E-state index contributed by atoms with van der Waals surface area (Å²) in [4.78, 5) is 25.8. The van der Waals surface area contributed by atoms with Crippen molar-refractivity contribution in [2.75, 3.05) is 0 Å². The maximum Gasteiger partial charge on any atom is 0.269 e. The van der Waals surface area contributed by atoms with Crippen LogP contribution < -0.4 is 10.9 Å². The molecular weight excluding hydrogens is 805 g/mol. The van der Waals surface area contributed by atoms with Crippen LogP contribution in [0.4, 0.5) is 0 Å². The Kier molecular flexibility index (Phi) is 35.4. The van der Waals surface area contributed by atoms with E-state index >= 15 is 0 Å². The van der Waals surface area contributed by atoms with E-state index in [4.69, 9.17) is 0 Å². The number of benzene rings is 3. The molecule has 0 heterocycles. The zero-order chi connectivity index (χ0) is 46.8. The summed E-state index contributed by atoms with van der Waals surface area (Å²) in [7, 11) is 0. The summed E-state index contributed by atoms with van der Waals surface area (Å²) < 4.78 is 0. The quantitative estimate of drug-likeness (QED) is 0.0439. The van der Waals surface area contributed by atoms with Gasteiger partial charge in [0.1, 0.15) is 0 Å². The summed E-state index contributed by atoms with van der Waals surface area (Å²) in [6, 6.07) is 20.2. The molecule has 0 bridgehead atoms. The number of carbonyl (C=O) groups excluding carboxylic acids is 2. The SMILES string of the molecule is CCCCCCCCCCCCCCCCCCCCCCc1ccc(C(=O)NNC(=O)c2ccc3cc(CCCCCCCCCCCCCCCCCCCCCC)ccc3c2)cc1. The van der Waals surface area contributed by atoms with Gasteiger partial charge in [-0.3, -0.25) is 20.4 Å². The third-order valence-electron chi connectivity index (χ3n) is 14.3. The second kappa shape index (κ2) is 40.9. The van der Waals surface area contributed by atoms with Crippen molar-refractivity contribution in [1.29, 1.82) is 0 Å². The minimum atomic E-state index is -0.310. The van der Waals surface area contributed by atoms with Crippen LogP contribution in [0.2, 0.25) is 0 Å². The van der Waals surface area contributed by atoms with Crippen LogP contribution in [0, 0.1) is 0 Å². The number of rotatable bonds is 44.